The molecule has 1 unspecified atom stereocenters. The van der Waals surface area contributed by atoms with Crippen LogP contribution in [0.2, 0.25) is 0 Å². The lowest BCUT2D eigenvalue weighted by atomic mass is 10.3. The van der Waals surface area contributed by atoms with Crippen molar-refractivity contribution in [2.45, 2.75) is 13.0 Å². The number of hydrogen-bond donors (Lipinski definition) is 2. The molecule has 0 amide bonds. The van der Waals surface area contributed by atoms with Crippen molar-refractivity contribution in [3.05, 3.63) is 29.9 Å². The molecule has 0 saturated heterocycles. The summed E-state index contributed by atoms with van der Waals surface area (Å²) in [6.45, 7) is 1.86. The highest BCUT2D eigenvalue weighted by Crippen LogP contribution is 2.25. The second-order valence-corrected chi connectivity index (χ2v) is 4.28. The van der Waals surface area contributed by atoms with Gasteiger partial charge in [-0.15, -0.1) is 11.3 Å². The standard InChI is InChI=1S/C10H12N4OS/c1-7(9(11)13-15)14-5-4-12-10(14)8-3-2-6-16-8/h2-7,15H,1H3,(H2,11,13). The van der Waals surface area contributed by atoms with Gasteiger partial charge in [-0.3, -0.25) is 0 Å². The van der Waals surface area contributed by atoms with Crippen LogP contribution in [0.15, 0.2) is 35.1 Å². The van der Waals surface area contributed by atoms with E-state index in [0.717, 1.165) is 10.7 Å². The summed E-state index contributed by atoms with van der Waals surface area (Å²) >= 11 is 1.61. The Labute approximate surface area is 96.8 Å². The number of imidazole rings is 1. The molecule has 6 heteroatoms. The van der Waals surface area contributed by atoms with Crippen LogP contribution in [-0.2, 0) is 0 Å². The quantitative estimate of drug-likeness (QED) is 0.370. The SMILES string of the molecule is CC(C(N)=NO)n1ccnc1-c1cccs1. The molecule has 0 spiro atoms. The Bertz CT molecular complexity index is 489. The van der Waals surface area contributed by atoms with Crippen LogP contribution in [0.5, 0.6) is 0 Å². The molecule has 0 radical (unpaired) electrons. The molecule has 0 bridgehead atoms. The molecule has 1 atom stereocenters. The highest BCUT2D eigenvalue weighted by Gasteiger charge is 2.15. The predicted molar refractivity (Wildman–Crippen MR) is 63.7 cm³/mol. The van der Waals surface area contributed by atoms with Gasteiger partial charge in [-0.05, 0) is 18.4 Å². The molecule has 0 aliphatic rings. The number of amidine groups is 1. The monoisotopic (exact) mass is 236 g/mol. The van der Waals surface area contributed by atoms with Crippen molar-refractivity contribution in [1.82, 2.24) is 9.55 Å². The summed E-state index contributed by atoms with van der Waals surface area (Å²) in [5.41, 5.74) is 5.58. The first-order valence-electron chi connectivity index (χ1n) is 4.78. The highest BCUT2D eigenvalue weighted by atomic mass is 32.1. The molecule has 84 valence electrons. The zero-order chi connectivity index (χ0) is 11.5. The molecule has 0 aliphatic carbocycles. The Morgan fingerprint density at radius 1 is 1.69 bits per heavy atom. The minimum absolute atomic E-state index is 0.163. The number of oxime groups is 1. The maximum absolute atomic E-state index is 8.66. The number of thiophene rings is 1. The minimum Gasteiger partial charge on any atom is -0.409 e. The van der Waals surface area contributed by atoms with Crippen molar-refractivity contribution >= 4 is 17.2 Å². The van der Waals surface area contributed by atoms with Crippen molar-refractivity contribution in [2.75, 3.05) is 0 Å². The van der Waals surface area contributed by atoms with Crippen LogP contribution < -0.4 is 5.73 Å². The lowest BCUT2D eigenvalue weighted by molar-refractivity contribution is 0.314. The largest absolute Gasteiger partial charge is 0.409 e. The van der Waals surface area contributed by atoms with E-state index in [2.05, 4.69) is 10.1 Å². The fourth-order valence-corrected chi connectivity index (χ4v) is 2.17. The summed E-state index contributed by atoms with van der Waals surface area (Å²) in [4.78, 5) is 5.34. The van der Waals surface area contributed by atoms with Crippen molar-refractivity contribution in [1.29, 1.82) is 0 Å². The van der Waals surface area contributed by atoms with E-state index in [1.165, 1.54) is 0 Å². The molecule has 3 N–H and O–H groups in total. The maximum Gasteiger partial charge on any atom is 0.162 e. The number of aromatic nitrogens is 2. The molecular formula is C10H12N4OS. The summed E-state index contributed by atoms with van der Waals surface area (Å²) < 4.78 is 1.88. The first kappa shape index (κ1) is 10.7. The van der Waals surface area contributed by atoms with Crippen LogP contribution in [-0.4, -0.2) is 20.6 Å². The van der Waals surface area contributed by atoms with Crippen LogP contribution in [0, 0.1) is 0 Å². The van der Waals surface area contributed by atoms with Gasteiger partial charge in [0.15, 0.2) is 11.7 Å². The smallest absolute Gasteiger partial charge is 0.162 e. The van der Waals surface area contributed by atoms with Gasteiger partial charge in [0, 0.05) is 12.4 Å². The number of nitrogens with two attached hydrogens (primary N) is 1. The van der Waals surface area contributed by atoms with Crippen LogP contribution in [0.1, 0.15) is 13.0 Å². The first-order chi connectivity index (χ1) is 7.74. The first-order valence-corrected chi connectivity index (χ1v) is 5.66. The van der Waals surface area contributed by atoms with Gasteiger partial charge in [0.2, 0.25) is 0 Å². The third-order valence-electron chi connectivity index (χ3n) is 2.37. The lowest BCUT2D eigenvalue weighted by Crippen LogP contribution is -2.24. The summed E-state index contributed by atoms with van der Waals surface area (Å²) in [5, 5.41) is 13.7. The molecular weight excluding hydrogens is 224 g/mol. The van der Waals surface area contributed by atoms with Gasteiger partial charge in [-0.2, -0.15) is 0 Å². The average molecular weight is 236 g/mol. The van der Waals surface area contributed by atoms with Crippen LogP contribution in [0.4, 0.5) is 0 Å². The predicted octanol–water partition coefficient (Wildman–Crippen LogP) is 1.92. The van der Waals surface area contributed by atoms with Gasteiger partial charge < -0.3 is 15.5 Å². The van der Waals surface area contributed by atoms with Gasteiger partial charge in [0.1, 0.15) is 0 Å². The van der Waals surface area contributed by atoms with E-state index in [9.17, 15) is 0 Å². The molecule has 2 aromatic rings. The summed E-state index contributed by atoms with van der Waals surface area (Å²) in [5.74, 6) is 0.991. The van der Waals surface area contributed by atoms with Crippen LogP contribution >= 0.6 is 11.3 Å². The molecule has 2 heterocycles. The van der Waals surface area contributed by atoms with Crippen molar-refractivity contribution in [3.8, 4) is 10.7 Å². The molecule has 2 rings (SSSR count). The van der Waals surface area contributed by atoms with Gasteiger partial charge in [-0.25, -0.2) is 4.98 Å². The topological polar surface area (TPSA) is 76.4 Å². The van der Waals surface area contributed by atoms with Crippen LogP contribution in [0.25, 0.3) is 10.7 Å². The molecule has 0 saturated carbocycles. The Kier molecular flexibility index (Phi) is 2.91. The van der Waals surface area contributed by atoms with E-state index in [1.807, 2.05) is 35.2 Å². The van der Waals surface area contributed by atoms with E-state index < -0.39 is 0 Å². The Morgan fingerprint density at radius 2 is 2.50 bits per heavy atom. The van der Waals surface area contributed by atoms with Gasteiger partial charge in [0.25, 0.3) is 0 Å². The van der Waals surface area contributed by atoms with E-state index in [0.29, 0.717) is 0 Å². The third kappa shape index (κ3) is 1.79. The Hall–Kier alpha value is -1.82. The molecule has 2 aromatic heterocycles. The highest BCUT2D eigenvalue weighted by molar-refractivity contribution is 7.13. The Morgan fingerprint density at radius 3 is 3.12 bits per heavy atom. The summed E-state index contributed by atoms with van der Waals surface area (Å²) in [6.07, 6.45) is 3.52. The van der Waals surface area contributed by atoms with Crippen molar-refractivity contribution in [2.24, 2.45) is 10.9 Å². The van der Waals surface area contributed by atoms with E-state index >= 15 is 0 Å². The lowest BCUT2D eigenvalue weighted by Gasteiger charge is -2.13. The fourth-order valence-electron chi connectivity index (χ4n) is 1.45. The number of nitrogens with zero attached hydrogens (tertiary/aromatic N) is 3. The van der Waals surface area contributed by atoms with Gasteiger partial charge in [0.05, 0.1) is 10.9 Å². The normalized spacial score (nSPS) is 13.9. The van der Waals surface area contributed by atoms with Crippen molar-refractivity contribution < 1.29 is 5.21 Å². The zero-order valence-electron chi connectivity index (χ0n) is 8.74. The van der Waals surface area contributed by atoms with E-state index in [-0.39, 0.29) is 11.9 Å². The molecule has 0 aliphatic heterocycles. The minimum atomic E-state index is -0.218. The molecule has 0 fully saturated rings. The third-order valence-corrected chi connectivity index (χ3v) is 3.24. The van der Waals surface area contributed by atoms with E-state index in [4.69, 9.17) is 10.9 Å². The summed E-state index contributed by atoms with van der Waals surface area (Å²) in [7, 11) is 0. The van der Waals surface area contributed by atoms with Gasteiger partial charge in [-0.1, -0.05) is 11.2 Å². The molecule has 5 nitrogen and oxygen atoms in total. The van der Waals surface area contributed by atoms with Gasteiger partial charge >= 0.3 is 0 Å². The second-order valence-electron chi connectivity index (χ2n) is 3.34. The second kappa shape index (κ2) is 4.36. The number of rotatable bonds is 3. The van der Waals surface area contributed by atoms with Crippen molar-refractivity contribution in [3.63, 3.8) is 0 Å². The fraction of sp³-hybridized carbons (Fsp3) is 0.200. The Balaban J connectivity index is 2.40. The zero-order valence-corrected chi connectivity index (χ0v) is 9.56. The van der Waals surface area contributed by atoms with E-state index in [1.54, 1.807) is 17.5 Å². The van der Waals surface area contributed by atoms with Crippen LogP contribution in [0.3, 0.4) is 0 Å². The average Bonchev–Trinajstić information content (AvgIpc) is 2.95. The number of hydrogen-bond acceptors (Lipinski definition) is 4. The summed E-state index contributed by atoms with van der Waals surface area (Å²) in [6, 6.07) is 3.74. The molecule has 16 heavy (non-hydrogen) atoms. The maximum atomic E-state index is 8.66. The molecule has 0 aromatic carbocycles.